The maximum Gasteiger partial charge on any atom is 0.254 e. The molecule has 86 valence electrons. The summed E-state index contributed by atoms with van der Waals surface area (Å²) in [5.41, 5.74) is 5.33. The van der Waals surface area contributed by atoms with Gasteiger partial charge in [-0.1, -0.05) is 17.7 Å². The highest BCUT2D eigenvalue weighted by Gasteiger charge is 2.18. The number of carbonyl (C=O) groups excluding carboxylic acids is 2. The van der Waals surface area contributed by atoms with Crippen molar-refractivity contribution >= 4 is 39.3 Å². The van der Waals surface area contributed by atoms with Crippen LogP contribution in [0.4, 0.5) is 0 Å². The average Bonchev–Trinajstić information content (AvgIpc) is 2.16. The van der Waals surface area contributed by atoms with Gasteiger partial charge >= 0.3 is 0 Å². The molecule has 0 aliphatic heterocycles. The van der Waals surface area contributed by atoms with Gasteiger partial charge in [0.15, 0.2) is 0 Å². The Balaban J connectivity index is 2.93. The third kappa shape index (κ3) is 2.96. The van der Waals surface area contributed by atoms with Crippen molar-refractivity contribution in [1.29, 1.82) is 0 Å². The van der Waals surface area contributed by atoms with E-state index >= 15 is 0 Å². The Morgan fingerprint density at radius 3 is 2.62 bits per heavy atom. The van der Waals surface area contributed by atoms with E-state index in [-0.39, 0.29) is 5.56 Å². The van der Waals surface area contributed by atoms with Gasteiger partial charge in [0.25, 0.3) is 5.91 Å². The van der Waals surface area contributed by atoms with Crippen molar-refractivity contribution in [2.75, 3.05) is 0 Å². The molecule has 0 aliphatic carbocycles. The van der Waals surface area contributed by atoms with E-state index in [9.17, 15) is 9.59 Å². The van der Waals surface area contributed by atoms with Gasteiger partial charge in [-0.05, 0) is 35.0 Å². The molecule has 1 aromatic carbocycles. The minimum atomic E-state index is -0.740. The Hall–Kier alpha value is -1.07. The van der Waals surface area contributed by atoms with Crippen LogP contribution in [0.3, 0.4) is 0 Å². The van der Waals surface area contributed by atoms with Gasteiger partial charge in [-0.2, -0.15) is 0 Å². The summed E-state index contributed by atoms with van der Waals surface area (Å²) in [6.07, 6.45) is 0. The Bertz CT molecular complexity index is 417. The van der Waals surface area contributed by atoms with Crippen LogP contribution >= 0.6 is 27.5 Å². The van der Waals surface area contributed by atoms with Crippen LogP contribution in [0.5, 0.6) is 0 Å². The average molecular weight is 306 g/mol. The number of benzene rings is 1. The molecule has 0 saturated carbocycles. The molecule has 16 heavy (non-hydrogen) atoms. The number of hydrogen-bond donors (Lipinski definition) is 2. The van der Waals surface area contributed by atoms with Gasteiger partial charge in [0.2, 0.25) is 5.91 Å². The van der Waals surface area contributed by atoms with Gasteiger partial charge in [-0.3, -0.25) is 9.59 Å². The van der Waals surface area contributed by atoms with Crippen molar-refractivity contribution in [2.45, 2.75) is 13.0 Å². The first-order valence-corrected chi connectivity index (χ1v) is 5.64. The third-order valence-electron chi connectivity index (χ3n) is 1.96. The molecule has 1 atom stereocenters. The predicted molar refractivity (Wildman–Crippen MR) is 65.3 cm³/mol. The summed E-state index contributed by atoms with van der Waals surface area (Å²) in [4.78, 5) is 22.6. The standard InChI is InChI=1S/C10H10BrClN2O2/c1-5(9(13)15)14-10(16)8-6(11)3-2-4-7(8)12/h2-5H,1H3,(H2,13,15)(H,14,16)/t5-/m1/s1. The molecule has 0 fully saturated rings. The smallest absolute Gasteiger partial charge is 0.254 e. The predicted octanol–water partition coefficient (Wildman–Crippen LogP) is 1.71. The number of halogens is 2. The van der Waals surface area contributed by atoms with Crippen LogP contribution in [-0.2, 0) is 4.79 Å². The van der Waals surface area contributed by atoms with Crippen LogP contribution < -0.4 is 11.1 Å². The van der Waals surface area contributed by atoms with E-state index in [1.807, 2.05) is 0 Å². The number of nitrogens with two attached hydrogens (primary N) is 1. The zero-order chi connectivity index (χ0) is 12.3. The van der Waals surface area contributed by atoms with E-state index in [2.05, 4.69) is 21.2 Å². The van der Waals surface area contributed by atoms with Crippen molar-refractivity contribution in [3.8, 4) is 0 Å². The molecule has 0 aliphatic rings. The Morgan fingerprint density at radius 2 is 2.12 bits per heavy atom. The number of hydrogen-bond acceptors (Lipinski definition) is 2. The molecule has 2 amide bonds. The lowest BCUT2D eigenvalue weighted by Gasteiger charge is -2.12. The quantitative estimate of drug-likeness (QED) is 0.892. The maximum absolute atomic E-state index is 11.8. The highest BCUT2D eigenvalue weighted by molar-refractivity contribution is 9.10. The molecule has 0 saturated heterocycles. The zero-order valence-corrected chi connectivity index (χ0v) is 10.8. The topological polar surface area (TPSA) is 72.2 Å². The first-order valence-electron chi connectivity index (χ1n) is 4.47. The fourth-order valence-electron chi connectivity index (χ4n) is 1.05. The second-order valence-corrected chi connectivity index (χ2v) is 4.46. The fraction of sp³-hybridized carbons (Fsp3) is 0.200. The first kappa shape index (κ1) is 13.0. The van der Waals surface area contributed by atoms with Crippen LogP contribution in [0, 0.1) is 0 Å². The largest absolute Gasteiger partial charge is 0.368 e. The molecule has 6 heteroatoms. The normalized spacial score (nSPS) is 11.9. The van der Waals surface area contributed by atoms with E-state index in [4.69, 9.17) is 17.3 Å². The van der Waals surface area contributed by atoms with Crippen molar-refractivity contribution in [3.63, 3.8) is 0 Å². The summed E-state index contributed by atoms with van der Waals surface area (Å²) in [5, 5.41) is 2.76. The molecule has 0 radical (unpaired) electrons. The lowest BCUT2D eigenvalue weighted by atomic mass is 10.2. The molecule has 0 heterocycles. The molecule has 1 aromatic rings. The highest BCUT2D eigenvalue weighted by Crippen LogP contribution is 2.24. The van der Waals surface area contributed by atoms with Crippen LogP contribution in [0.1, 0.15) is 17.3 Å². The summed E-state index contributed by atoms with van der Waals surface area (Å²) < 4.78 is 0.564. The molecule has 0 aromatic heterocycles. The third-order valence-corrected chi connectivity index (χ3v) is 2.94. The van der Waals surface area contributed by atoms with Gasteiger partial charge in [0.1, 0.15) is 6.04 Å². The van der Waals surface area contributed by atoms with Gasteiger partial charge in [-0.25, -0.2) is 0 Å². The molecular formula is C10H10BrClN2O2. The molecule has 0 unspecified atom stereocenters. The van der Waals surface area contributed by atoms with Crippen molar-refractivity contribution in [1.82, 2.24) is 5.32 Å². The minimum Gasteiger partial charge on any atom is -0.368 e. The lowest BCUT2D eigenvalue weighted by Crippen LogP contribution is -2.42. The Labute approximate surface area is 106 Å². The number of rotatable bonds is 3. The second kappa shape index (κ2) is 5.32. The fourth-order valence-corrected chi connectivity index (χ4v) is 1.98. The van der Waals surface area contributed by atoms with Gasteiger partial charge in [0, 0.05) is 4.47 Å². The number of primary amides is 1. The summed E-state index contributed by atoms with van der Waals surface area (Å²) in [6.45, 7) is 1.50. The Kier molecular flexibility index (Phi) is 4.32. The van der Waals surface area contributed by atoms with Gasteiger partial charge in [0.05, 0.1) is 10.6 Å². The maximum atomic E-state index is 11.8. The molecular weight excluding hydrogens is 295 g/mol. The van der Waals surface area contributed by atoms with Gasteiger partial charge in [-0.15, -0.1) is 0 Å². The monoisotopic (exact) mass is 304 g/mol. The number of amides is 2. The summed E-state index contributed by atoms with van der Waals surface area (Å²) >= 11 is 9.09. The second-order valence-electron chi connectivity index (χ2n) is 3.19. The van der Waals surface area contributed by atoms with E-state index < -0.39 is 17.9 Å². The molecule has 0 spiro atoms. The first-order chi connectivity index (χ1) is 7.43. The number of nitrogens with one attached hydrogen (secondary N) is 1. The van der Waals surface area contributed by atoms with E-state index in [0.717, 1.165) is 0 Å². The van der Waals surface area contributed by atoms with E-state index in [1.54, 1.807) is 18.2 Å². The zero-order valence-electron chi connectivity index (χ0n) is 8.46. The van der Waals surface area contributed by atoms with Crippen molar-refractivity contribution < 1.29 is 9.59 Å². The molecule has 4 nitrogen and oxygen atoms in total. The minimum absolute atomic E-state index is 0.289. The van der Waals surface area contributed by atoms with Crippen LogP contribution in [0.25, 0.3) is 0 Å². The van der Waals surface area contributed by atoms with Crippen molar-refractivity contribution in [2.24, 2.45) is 5.73 Å². The molecule has 0 bridgehead atoms. The van der Waals surface area contributed by atoms with Crippen LogP contribution in [0.15, 0.2) is 22.7 Å². The van der Waals surface area contributed by atoms with Crippen LogP contribution in [-0.4, -0.2) is 17.9 Å². The van der Waals surface area contributed by atoms with Gasteiger partial charge < -0.3 is 11.1 Å². The lowest BCUT2D eigenvalue weighted by molar-refractivity contribution is -0.119. The molecule has 3 N–H and O–H groups in total. The van der Waals surface area contributed by atoms with E-state index in [0.29, 0.717) is 9.50 Å². The number of carbonyl (C=O) groups is 2. The highest BCUT2D eigenvalue weighted by atomic mass is 79.9. The molecule has 1 rings (SSSR count). The summed E-state index contributed by atoms with van der Waals surface area (Å²) in [7, 11) is 0. The Morgan fingerprint density at radius 1 is 1.50 bits per heavy atom. The summed E-state index contributed by atoms with van der Waals surface area (Å²) in [5.74, 6) is -1.04. The van der Waals surface area contributed by atoms with E-state index in [1.165, 1.54) is 6.92 Å². The van der Waals surface area contributed by atoms with Crippen LogP contribution in [0.2, 0.25) is 5.02 Å². The van der Waals surface area contributed by atoms with Crippen molar-refractivity contribution in [3.05, 3.63) is 33.3 Å². The summed E-state index contributed by atoms with van der Waals surface area (Å²) in [6, 6.07) is 4.25. The SMILES string of the molecule is C[C@@H](NC(=O)c1c(Cl)cccc1Br)C(N)=O.